The number of benzene rings is 2. The first-order valence-corrected chi connectivity index (χ1v) is 8.65. The van der Waals surface area contributed by atoms with E-state index in [4.69, 9.17) is 5.11 Å². The maximum atomic E-state index is 13.8. The summed E-state index contributed by atoms with van der Waals surface area (Å²) < 4.78 is 53.2. The molecule has 1 aliphatic heterocycles. The Labute approximate surface area is 154 Å². The van der Waals surface area contributed by atoms with E-state index in [2.05, 4.69) is 0 Å². The number of likely N-dealkylation sites (tertiary alicyclic amines) is 1. The highest BCUT2D eigenvalue weighted by atomic mass is 19.4. The molecule has 1 atom stereocenters. The number of carboxylic acid groups (broad SMARTS) is 1. The average Bonchev–Trinajstić information content (AvgIpc) is 2.62. The number of piperidine rings is 1. The fourth-order valence-corrected chi connectivity index (χ4v) is 3.58. The zero-order valence-corrected chi connectivity index (χ0v) is 14.4. The minimum Gasteiger partial charge on any atom is -0.481 e. The van der Waals surface area contributed by atoms with Crippen molar-refractivity contribution in [3.8, 4) is 0 Å². The normalized spacial score (nSPS) is 17.6. The summed E-state index contributed by atoms with van der Waals surface area (Å²) >= 11 is 0. The van der Waals surface area contributed by atoms with Gasteiger partial charge < -0.3 is 5.11 Å². The van der Waals surface area contributed by atoms with Gasteiger partial charge in [0.25, 0.3) is 0 Å². The number of nitrogens with zero attached hydrogens (tertiary/aromatic N) is 1. The lowest BCUT2D eigenvalue weighted by Gasteiger charge is -2.37. The van der Waals surface area contributed by atoms with Gasteiger partial charge in [-0.25, -0.2) is 4.39 Å². The van der Waals surface area contributed by atoms with E-state index >= 15 is 0 Å². The van der Waals surface area contributed by atoms with E-state index in [1.165, 1.54) is 24.3 Å². The molecule has 0 aliphatic carbocycles. The Balaban J connectivity index is 1.98. The van der Waals surface area contributed by atoms with E-state index in [1.807, 2.05) is 4.90 Å². The molecule has 1 heterocycles. The van der Waals surface area contributed by atoms with Crippen LogP contribution in [0, 0.1) is 11.7 Å². The molecule has 1 fully saturated rings. The van der Waals surface area contributed by atoms with Gasteiger partial charge in [0.1, 0.15) is 5.82 Å². The summed E-state index contributed by atoms with van der Waals surface area (Å²) in [5, 5.41) is 9.17. The molecule has 0 amide bonds. The number of alkyl halides is 3. The summed E-state index contributed by atoms with van der Waals surface area (Å²) in [7, 11) is 0. The van der Waals surface area contributed by atoms with Crippen LogP contribution in [0.1, 0.15) is 35.6 Å². The standard InChI is InChI=1S/C20H19F4NO2/c21-17-6-2-4-15(12-17)18(25-9-7-13(8-10-25)19(26)27)14-3-1-5-16(11-14)20(22,23)24/h1-6,11-13,18H,7-10H2,(H,26,27). The Hall–Kier alpha value is -2.41. The zero-order chi connectivity index (χ0) is 19.6. The van der Waals surface area contributed by atoms with Crippen molar-refractivity contribution in [2.24, 2.45) is 5.92 Å². The SMILES string of the molecule is O=C(O)C1CCN(C(c2cccc(F)c2)c2cccc(C(F)(F)F)c2)CC1. The fourth-order valence-electron chi connectivity index (χ4n) is 3.58. The number of hydrogen-bond donors (Lipinski definition) is 1. The van der Waals surface area contributed by atoms with Crippen LogP contribution in [-0.4, -0.2) is 29.1 Å². The molecule has 0 saturated carbocycles. The minimum absolute atomic E-state index is 0.403. The smallest absolute Gasteiger partial charge is 0.416 e. The van der Waals surface area contributed by atoms with E-state index in [9.17, 15) is 22.4 Å². The van der Waals surface area contributed by atoms with E-state index in [-0.39, 0.29) is 0 Å². The Morgan fingerprint density at radius 3 is 2.19 bits per heavy atom. The lowest BCUT2D eigenvalue weighted by molar-refractivity contribution is -0.143. The number of carboxylic acids is 1. The molecule has 0 radical (unpaired) electrons. The molecule has 0 spiro atoms. The number of hydrogen-bond acceptors (Lipinski definition) is 2. The highest BCUT2D eigenvalue weighted by Gasteiger charge is 2.33. The third-order valence-corrected chi connectivity index (χ3v) is 4.94. The second-order valence-corrected chi connectivity index (χ2v) is 6.73. The van der Waals surface area contributed by atoms with Crippen molar-refractivity contribution in [2.45, 2.75) is 25.1 Å². The molecule has 1 saturated heterocycles. The zero-order valence-electron chi connectivity index (χ0n) is 14.4. The molecule has 7 heteroatoms. The molecule has 1 aliphatic rings. The van der Waals surface area contributed by atoms with Crippen molar-refractivity contribution in [1.29, 1.82) is 0 Å². The molecular weight excluding hydrogens is 362 g/mol. The monoisotopic (exact) mass is 381 g/mol. The lowest BCUT2D eigenvalue weighted by atomic mass is 9.90. The maximum absolute atomic E-state index is 13.8. The molecule has 144 valence electrons. The van der Waals surface area contributed by atoms with Crippen molar-refractivity contribution in [3.05, 3.63) is 71.0 Å². The second-order valence-electron chi connectivity index (χ2n) is 6.73. The molecule has 3 nitrogen and oxygen atoms in total. The van der Waals surface area contributed by atoms with Gasteiger partial charge in [-0.1, -0.05) is 24.3 Å². The Kier molecular flexibility index (Phi) is 5.51. The molecule has 1 N–H and O–H groups in total. The van der Waals surface area contributed by atoms with Crippen LogP contribution in [0.3, 0.4) is 0 Å². The van der Waals surface area contributed by atoms with Crippen molar-refractivity contribution >= 4 is 5.97 Å². The van der Waals surface area contributed by atoms with Crippen LogP contribution >= 0.6 is 0 Å². The van der Waals surface area contributed by atoms with Crippen molar-refractivity contribution in [2.75, 3.05) is 13.1 Å². The average molecular weight is 381 g/mol. The predicted octanol–water partition coefficient (Wildman–Crippen LogP) is 4.73. The van der Waals surface area contributed by atoms with Gasteiger partial charge in [-0.05, 0) is 61.3 Å². The topological polar surface area (TPSA) is 40.5 Å². The van der Waals surface area contributed by atoms with Crippen LogP contribution < -0.4 is 0 Å². The summed E-state index contributed by atoms with van der Waals surface area (Å²) in [5.74, 6) is -1.79. The third-order valence-electron chi connectivity index (χ3n) is 4.94. The molecule has 0 bridgehead atoms. The first kappa shape index (κ1) is 19.4. The summed E-state index contributed by atoms with van der Waals surface area (Å²) in [6.07, 6.45) is -3.67. The van der Waals surface area contributed by atoms with Gasteiger partial charge in [-0.15, -0.1) is 0 Å². The van der Waals surface area contributed by atoms with Crippen molar-refractivity contribution in [1.82, 2.24) is 4.90 Å². The molecule has 2 aromatic rings. The van der Waals surface area contributed by atoms with Crippen molar-refractivity contribution in [3.63, 3.8) is 0 Å². The number of carbonyl (C=O) groups is 1. The molecule has 27 heavy (non-hydrogen) atoms. The minimum atomic E-state index is -4.47. The first-order valence-electron chi connectivity index (χ1n) is 8.65. The Morgan fingerprint density at radius 1 is 1.04 bits per heavy atom. The first-order chi connectivity index (χ1) is 12.8. The fraction of sp³-hybridized carbons (Fsp3) is 0.350. The Morgan fingerprint density at radius 2 is 1.63 bits per heavy atom. The molecular formula is C20H19F4NO2. The van der Waals surface area contributed by atoms with Gasteiger partial charge in [0, 0.05) is 0 Å². The predicted molar refractivity (Wildman–Crippen MR) is 91.6 cm³/mol. The molecule has 1 unspecified atom stereocenters. The highest BCUT2D eigenvalue weighted by molar-refractivity contribution is 5.70. The number of aliphatic carboxylic acids is 1. The summed E-state index contributed by atoms with van der Waals surface area (Å²) in [6, 6.07) is 10.2. The molecule has 0 aromatic heterocycles. The molecule has 2 aromatic carbocycles. The lowest BCUT2D eigenvalue weighted by Crippen LogP contribution is -2.39. The van der Waals surface area contributed by atoms with Crippen LogP contribution in [-0.2, 0) is 11.0 Å². The number of halogens is 4. The number of rotatable bonds is 4. The van der Waals surface area contributed by atoms with Crippen LogP contribution in [0.2, 0.25) is 0 Å². The summed E-state index contributed by atoms with van der Waals surface area (Å²) in [6.45, 7) is 0.822. The maximum Gasteiger partial charge on any atom is 0.416 e. The molecule has 3 rings (SSSR count). The van der Waals surface area contributed by atoms with Gasteiger partial charge in [0.05, 0.1) is 17.5 Å². The Bertz CT molecular complexity index is 814. The second kappa shape index (κ2) is 7.68. The quantitative estimate of drug-likeness (QED) is 0.779. The van der Waals surface area contributed by atoms with Gasteiger partial charge in [-0.3, -0.25) is 9.69 Å². The van der Waals surface area contributed by atoms with Crippen molar-refractivity contribution < 1.29 is 27.5 Å². The van der Waals surface area contributed by atoms with Gasteiger partial charge in [-0.2, -0.15) is 13.2 Å². The van der Waals surface area contributed by atoms with Gasteiger partial charge >= 0.3 is 12.1 Å². The van der Waals surface area contributed by atoms with Gasteiger partial charge in [0.2, 0.25) is 0 Å². The van der Waals surface area contributed by atoms with Crippen LogP contribution in [0.25, 0.3) is 0 Å². The van der Waals surface area contributed by atoms with E-state index < -0.39 is 35.5 Å². The summed E-state index contributed by atoms with van der Waals surface area (Å²) in [4.78, 5) is 13.1. The van der Waals surface area contributed by atoms with Crippen LogP contribution in [0.15, 0.2) is 48.5 Å². The highest BCUT2D eigenvalue weighted by Crippen LogP contribution is 2.36. The van der Waals surface area contributed by atoms with Gasteiger partial charge in [0.15, 0.2) is 0 Å². The largest absolute Gasteiger partial charge is 0.481 e. The van der Waals surface area contributed by atoms with Crippen LogP contribution in [0.5, 0.6) is 0 Å². The van der Waals surface area contributed by atoms with Crippen LogP contribution in [0.4, 0.5) is 17.6 Å². The van der Waals surface area contributed by atoms with E-state index in [1.54, 1.807) is 12.1 Å². The summed E-state index contributed by atoms with van der Waals surface area (Å²) in [5.41, 5.74) is 0.189. The van der Waals surface area contributed by atoms with E-state index in [0.29, 0.717) is 37.1 Å². The third kappa shape index (κ3) is 4.47. The van der Waals surface area contributed by atoms with E-state index in [0.717, 1.165) is 12.1 Å².